The Kier molecular flexibility index (Phi) is 7.40. The van der Waals surface area contributed by atoms with E-state index in [0.717, 1.165) is 5.56 Å². The molecule has 0 aliphatic rings. The highest BCUT2D eigenvalue weighted by Gasteiger charge is 2.23. The molecule has 1 unspecified atom stereocenters. The van der Waals surface area contributed by atoms with Crippen LogP contribution in [0, 0.1) is 10.1 Å². The van der Waals surface area contributed by atoms with Gasteiger partial charge in [-0.05, 0) is 55.8 Å². The van der Waals surface area contributed by atoms with Crippen molar-refractivity contribution in [3.8, 4) is 5.75 Å². The Morgan fingerprint density at radius 2 is 1.76 bits per heavy atom. The highest BCUT2D eigenvalue weighted by atomic mass is 16.6. The Morgan fingerprint density at radius 3 is 2.42 bits per heavy atom. The third kappa shape index (κ3) is 5.54. The fraction of sp³-hybridized carbons (Fsp3) is 0.200. The highest BCUT2D eigenvalue weighted by molar-refractivity contribution is 6.04. The molecule has 170 valence electrons. The van der Waals surface area contributed by atoms with Crippen molar-refractivity contribution in [2.45, 2.75) is 19.9 Å². The average Bonchev–Trinajstić information content (AvgIpc) is 2.83. The minimum Gasteiger partial charge on any atom is -0.487 e. The Labute approximate surface area is 191 Å². The SMILES string of the molecule is CCOc1ccc(C(=O)N(C)C(C)c2cccc(NC(=O)c3ccccc3)c2)cc1[N+](=O)[O-]. The lowest BCUT2D eigenvalue weighted by molar-refractivity contribution is -0.385. The summed E-state index contributed by atoms with van der Waals surface area (Å²) in [5.74, 6) is -0.476. The van der Waals surface area contributed by atoms with Gasteiger partial charge in [-0.15, -0.1) is 0 Å². The fourth-order valence-corrected chi connectivity index (χ4v) is 3.34. The number of nitrogens with one attached hydrogen (secondary N) is 1. The average molecular weight is 447 g/mol. The van der Waals surface area contributed by atoms with Crippen LogP contribution in [0.2, 0.25) is 0 Å². The molecule has 0 fully saturated rings. The molecule has 3 rings (SSSR count). The van der Waals surface area contributed by atoms with E-state index in [2.05, 4.69) is 5.32 Å². The first-order valence-electron chi connectivity index (χ1n) is 10.5. The summed E-state index contributed by atoms with van der Waals surface area (Å²) < 4.78 is 5.29. The third-order valence-corrected chi connectivity index (χ3v) is 5.27. The maximum Gasteiger partial charge on any atom is 0.311 e. The normalized spacial score (nSPS) is 11.4. The zero-order chi connectivity index (χ0) is 24.0. The van der Waals surface area contributed by atoms with Gasteiger partial charge in [0, 0.05) is 29.9 Å². The van der Waals surface area contributed by atoms with Gasteiger partial charge in [-0.25, -0.2) is 0 Å². The minimum absolute atomic E-state index is 0.122. The van der Waals surface area contributed by atoms with Gasteiger partial charge in [-0.1, -0.05) is 30.3 Å². The van der Waals surface area contributed by atoms with Crippen LogP contribution in [0.5, 0.6) is 5.75 Å². The first kappa shape index (κ1) is 23.5. The van der Waals surface area contributed by atoms with Crippen molar-refractivity contribution in [1.82, 2.24) is 4.90 Å². The van der Waals surface area contributed by atoms with Crippen LogP contribution in [0.25, 0.3) is 0 Å². The van der Waals surface area contributed by atoms with Crippen LogP contribution < -0.4 is 10.1 Å². The Hall–Kier alpha value is -4.20. The van der Waals surface area contributed by atoms with Crippen molar-refractivity contribution in [2.24, 2.45) is 0 Å². The molecular formula is C25H25N3O5. The predicted molar refractivity (Wildman–Crippen MR) is 126 cm³/mol. The fourth-order valence-electron chi connectivity index (χ4n) is 3.34. The summed E-state index contributed by atoms with van der Waals surface area (Å²) in [5.41, 5.74) is 1.88. The molecule has 33 heavy (non-hydrogen) atoms. The van der Waals surface area contributed by atoms with Crippen LogP contribution in [0.15, 0.2) is 72.8 Å². The van der Waals surface area contributed by atoms with E-state index in [-0.39, 0.29) is 41.5 Å². The molecule has 0 radical (unpaired) electrons. The lowest BCUT2D eigenvalue weighted by Gasteiger charge is -2.26. The predicted octanol–water partition coefficient (Wildman–Crippen LogP) is 5.08. The van der Waals surface area contributed by atoms with E-state index in [1.807, 2.05) is 19.1 Å². The van der Waals surface area contributed by atoms with Gasteiger partial charge in [0.05, 0.1) is 17.6 Å². The lowest BCUT2D eigenvalue weighted by Crippen LogP contribution is -2.29. The van der Waals surface area contributed by atoms with Gasteiger partial charge in [-0.3, -0.25) is 19.7 Å². The molecule has 1 atom stereocenters. The number of nitrogens with zero attached hydrogens (tertiary/aromatic N) is 2. The zero-order valence-electron chi connectivity index (χ0n) is 18.6. The molecule has 0 aromatic heterocycles. The highest BCUT2D eigenvalue weighted by Crippen LogP contribution is 2.30. The van der Waals surface area contributed by atoms with Gasteiger partial charge in [0.1, 0.15) is 0 Å². The smallest absolute Gasteiger partial charge is 0.311 e. The second-order valence-corrected chi connectivity index (χ2v) is 7.41. The van der Waals surface area contributed by atoms with Crippen LogP contribution in [0.4, 0.5) is 11.4 Å². The molecule has 0 aliphatic heterocycles. The number of carbonyl (C=O) groups is 2. The number of benzene rings is 3. The molecule has 0 saturated heterocycles. The summed E-state index contributed by atoms with van der Waals surface area (Å²) >= 11 is 0. The number of nitro groups is 1. The number of hydrogen-bond acceptors (Lipinski definition) is 5. The van der Waals surface area contributed by atoms with Crippen LogP contribution in [-0.4, -0.2) is 35.3 Å². The quantitative estimate of drug-likeness (QED) is 0.383. The molecule has 2 amide bonds. The maximum absolute atomic E-state index is 13.0. The summed E-state index contributed by atoms with van der Waals surface area (Å²) in [5, 5.41) is 14.3. The van der Waals surface area contributed by atoms with Crippen molar-refractivity contribution >= 4 is 23.2 Å². The van der Waals surface area contributed by atoms with Crippen LogP contribution in [0.3, 0.4) is 0 Å². The van der Waals surface area contributed by atoms with E-state index < -0.39 is 4.92 Å². The zero-order valence-corrected chi connectivity index (χ0v) is 18.6. The molecule has 0 bridgehead atoms. The number of nitro benzene ring substituents is 1. The Balaban J connectivity index is 1.78. The standard InChI is InChI=1S/C25H25N3O5/c1-4-33-23-14-13-20(16-22(23)28(31)32)25(30)27(3)17(2)19-11-8-12-21(15-19)26-24(29)18-9-6-5-7-10-18/h5-17H,4H2,1-3H3,(H,26,29). The number of ether oxygens (including phenoxy) is 1. The number of rotatable bonds is 8. The van der Waals surface area contributed by atoms with E-state index >= 15 is 0 Å². The summed E-state index contributed by atoms with van der Waals surface area (Å²) in [7, 11) is 1.63. The molecule has 8 nitrogen and oxygen atoms in total. The molecule has 0 heterocycles. The van der Waals surface area contributed by atoms with Crippen LogP contribution in [-0.2, 0) is 0 Å². The number of carbonyl (C=O) groups excluding carboxylic acids is 2. The summed E-state index contributed by atoms with van der Waals surface area (Å²) in [6, 6.07) is 19.9. The van der Waals surface area contributed by atoms with Crippen LogP contribution >= 0.6 is 0 Å². The van der Waals surface area contributed by atoms with Gasteiger partial charge in [0.15, 0.2) is 5.75 Å². The molecule has 3 aromatic rings. The van der Waals surface area contributed by atoms with Gasteiger partial charge in [0.25, 0.3) is 11.8 Å². The monoisotopic (exact) mass is 447 g/mol. The molecule has 8 heteroatoms. The van der Waals surface area contributed by atoms with E-state index in [9.17, 15) is 19.7 Å². The van der Waals surface area contributed by atoms with Gasteiger partial charge in [-0.2, -0.15) is 0 Å². The summed E-state index contributed by atoms with van der Waals surface area (Å²) in [6.07, 6.45) is 0. The lowest BCUT2D eigenvalue weighted by atomic mass is 10.0. The second-order valence-electron chi connectivity index (χ2n) is 7.41. The van der Waals surface area contributed by atoms with Crippen molar-refractivity contribution in [2.75, 3.05) is 19.0 Å². The van der Waals surface area contributed by atoms with Gasteiger partial charge in [0.2, 0.25) is 0 Å². The van der Waals surface area contributed by atoms with Crippen molar-refractivity contribution in [1.29, 1.82) is 0 Å². The minimum atomic E-state index is -0.565. The van der Waals surface area contributed by atoms with E-state index in [0.29, 0.717) is 11.3 Å². The third-order valence-electron chi connectivity index (χ3n) is 5.27. The van der Waals surface area contributed by atoms with Gasteiger partial charge < -0.3 is 15.0 Å². The summed E-state index contributed by atoms with van der Waals surface area (Å²) in [6.45, 7) is 3.86. The molecule has 0 spiro atoms. The summed E-state index contributed by atoms with van der Waals surface area (Å²) in [4.78, 5) is 37.8. The molecule has 3 aromatic carbocycles. The van der Waals surface area contributed by atoms with E-state index in [4.69, 9.17) is 4.74 Å². The molecule has 1 N–H and O–H groups in total. The van der Waals surface area contributed by atoms with E-state index in [1.165, 1.54) is 23.1 Å². The largest absolute Gasteiger partial charge is 0.487 e. The first-order chi connectivity index (χ1) is 15.8. The first-order valence-corrected chi connectivity index (χ1v) is 10.5. The van der Waals surface area contributed by atoms with Crippen molar-refractivity contribution in [3.05, 3.63) is 99.6 Å². The topological polar surface area (TPSA) is 102 Å². The van der Waals surface area contributed by atoms with Crippen molar-refractivity contribution < 1.29 is 19.2 Å². The Morgan fingerprint density at radius 1 is 1.03 bits per heavy atom. The van der Waals surface area contributed by atoms with Gasteiger partial charge >= 0.3 is 5.69 Å². The maximum atomic E-state index is 13.0. The molecule has 0 aliphatic carbocycles. The molecule has 0 saturated carbocycles. The van der Waals surface area contributed by atoms with Crippen LogP contribution in [0.1, 0.15) is 46.2 Å². The number of anilines is 1. The van der Waals surface area contributed by atoms with Crippen molar-refractivity contribution in [3.63, 3.8) is 0 Å². The number of amides is 2. The van der Waals surface area contributed by atoms with E-state index in [1.54, 1.807) is 56.4 Å². The second kappa shape index (κ2) is 10.4. The number of hydrogen-bond donors (Lipinski definition) is 1. The Bertz CT molecular complexity index is 1160. The molecular weight excluding hydrogens is 422 g/mol.